The van der Waals surface area contributed by atoms with Crippen molar-refractivity contribution in [1.29, 1.82) is 0 Å². The van der Waals surface area contributed by atoms with E-state index in [1.54, 1.807) is 19.1 Å². The van der Waals surface area contributed by atoms with Gasteiger partial charge in [0.25, 0.3) is 0 Å². The third kappa shape index (κ3) is 3.61. The number of carbonyl (C=O) groups is 1. The molecule has 1 aromatic carbocycles. The Hall–Kier alpha value is -1.56. The standard InChI is InChI=1S/C16H20F3NO2/c1-2-20(12-16(17,18)19)14(21)15(8-10-22-11-9-15)13-6-4-3-5-7-13/h3-7H,2,8-12H2,1H3. The van der Waals surface area contributed by atoms with E-state index < -0.39 is 24.0 Å². The number of amides is 1. The van der Waals surface area contributed by atoms with E-state index in [4.69, 9.17) is 4.74 Å². The number of nitrogens with zero attached hydrogens (tertiary/aromatic N) is 1. The second-order valence-electron chi connectivity index (χ2n) is 5.50. The van der Waals surface area contributed by atoms with Crippen molar-refractivity contribution in [1.82, 2.24) is 4.90 Å². The molecule has 0 bridgehead atoms. The zero-order valence-electron chi connectivity index (χ0n) is 12.5. The molecule has 1 heterocycles. The summed E-state index contributed by atoms with van der Waals surface area (Å²) in [5.41, 5.74) is -0.148. The van der Waals surface area contributed by atoms with Crippen LogP contribution in [-0.2, 0) is 14.9 Å². The lowest BCUT2D eigenvalue weighted by Crippen LogP contribution is -2.52. The van der Waals surface area contributed by atoms with E-state index in [-0.39, 0.29) is 6.54 Å². The average Bonchev–Trinajstić information content (AvgIpc) is 2.52. The third-order valence-corrected chi connectivity index (χ3v) is 4.12. The molecule has 22 heavy (non-hydrogen) atoms. The predicted octanol–water partition coefficient (Wildman–Crippen LogP) is 3.15. The number of halogens is 3. The zero-order valence-corrected chi connectivity index (χ0v) is 12.5. The number of hydrogen-bond acceptors (Lipinski definition) is 2. The summed E-state index contributed by atoms with van der Waals surface area (Å²) in [6.07, 6.45) is -3.58. The van der Waals surface area contributed by atoms with Gasteiger partial charge in [-0.25, -0.2) is 0 Å². The molecule has 0 aromatic heterocycles. The van der Waals surface area contributed by atoms with Gasteiger partial charge in [-0.1, -0.05) is 30.3 Å². The first-order valence-corrected chi connectivity index (χ1v) is 7.38. The third-order valence-electron chi connectivity index (χ3n) is 4.12. The van der Waals surface area contributed by atoms with Crippen molar-refractivity contribution in [2.75, 3.05) is 26.3 Å². The van der Waals surface area contributed by atoms with Crippen LogP contribution in [0.4, 0.5) is 13.2 Å². The summed E-state index contributed by atoms with van der Waals surface area (Å²) in [5, 5.41) is 0. The van der Waals surface area contributed by atoms with Crippen LogP contribution in [-0.4, -0.2) is 43.3 Å². The Morgan fingerprint density at radius 1 is 1.23 bits per heavy atom. The van der Waals surface area contributed by atoms with Gasteiger partial charge in [-0.05, 0) is 25.3 Å². The fourth-order valence-corrected chi connectivity index (χ4v) is 2.95. The van der Waals surface area contributed by atoms with Crippen molar-refractivity contribution in [3.8, 4) is 0 Å². The summed E-state index contributed by atoms with van der Waals surface area (Å²) >= 11 is 0. The number of alkyl halides is 3. The van der Waals surface area contributed by atoms with Gasteiger partial charge in [-0.2, -0.15) is 13.2 Å². The van der Waals surface area contributed by atoms with Crippen molar-refractivity contribution in [3.05, 3.63) is 35.9 Å². The van der Waals surface area contributed by atoms with Gasteiger partial charge in [0.1, 0.15) is 6.54 Å². The number of hydrogen-bond donors (Lipinski definition) is 0. The van der Waals surface area contributed by atoms with E-state index in [1.165, 1.54) is 0 Å². The summed E-state index contributed by atoms with van der Waals surface area (Å²) in [5.74, 6) is -0.457. The van der Waals surface area contributed by atoms with Crippen LogP contribution < -0.4 is 0 Å². The average molecular weight is 315 g/mol. The maximum atomic E-state index is 12.9. The zero-order chi connectivity index (χ0) is 16.2. The minimum Gasteiger partial charge on any atom is -0.381 e. The van der Waals surface area contributed by atoms with Crippen LogP contribution in [0.2, 0.25) is 0 Å². The van der Waals surface area contributed by atoms with Gasteiger partial charge in [-0.15, -0.1) is 0 Å². The molecule has 0 spiro atoms. The fourth-order valence-electron chi connectivity index (χ4n) is 2.95. The van der Waals surface area contributed by atoms with Gasteiger partial charge in [0.15, 0.2) is 0 Å². The topological polar surface area (TPSA) is 29.5 Å². The maximum Gasteiger partial charge on any atom is 0.406 e. The lowest BCUT2D eigenvalue weighted by molar-refractivity contribution is -0.166. The molecule has 0 saturated carbocycles. The maximum absolute atomic E-state index is 12.9. The Morgan fingerprint density at radius 3 is 2.32 bits per heavy atom. The molecule has 1 saturated heterocycles. The molecule has 1 aliphatic heterocycles. The molecular weight excluding hydrogens is 295 g/mol. The number of ether oxygens (including phenoxy) is 1. The first-order valence-electron chi connectivity index (χ1n) is 7.38. The van der Waals surface area contributed by atoms with Gasteiger partial charge in [-0.3, -0.25) is 4.79 Å². The Bertz CT molecular complexity index is 496. The molecule has 122 valence electrons. The van der Waals surface area contributed by atoms with Gasteiger partial charge < -0.3 is 9.64 Å². The SMILES string of the molecule is CCN(CC(F)(F)F)C(=O)C1(c2ccccc2)CCOCC1. The lowest BCUT2D eigenvalue weighted by atomic mass is 9.73. The van der Waals surface area contributed by atoms with E-state index in [0.717, 1.165) is 10.5 Å². The Balaban J connectivity index is 2.34. The van der Waals surface area contributed by atoms with Crippen molar-refractivity contribution in [3.63, 3.8) is 0 Å². The molecule has 2 rings (SSSR count). The number of rotatable bonds is 4. The van der Waals surface area contributed by atoms with Crippen LogP contribution >= 0.6 is 0 Å². The monoisotopic (exact) mass is 315 g/mol. The van der Waals surface area contributed by atoms with Crippen LogP contribution in [0.5, 0.6) is 0 Å². The van der Waals surface area contributed by atoms with Crippen molar-refractivity contribution >= 4 is 5.91 Å². The Labute approximate surface area is 128 Å². The molecule has 1 aliphatic rings. The van der Waals surface area contributed by atoms with E-state index in [1.807, 2.05) is 18.2 Å². The van der Waals surface area contributed by atoms with E-state index >= 15 is 0 Å². The van der Waals surface area contributed by atoms with Gasteiger partial charge in [0.2, 0.25) is 5.91 Å². The Kier molecular flexibility index (Phi) is 5.11. The molecular formula is C16H20F3NO2. The quantitative estimate of drug-likeness (QED) is 0.854. The van der Waals surface area contributed by atoms with Crippen LogP contribution in [0.15, 0.2) is 30.3 Å². The molecule has 1 fully saturated rings. The summed E-state index contributed by atoms with van der Waals surface area (Å²) in [6.45, 7) is 1.15. The van der Waals surface area contributed by atoms with Crippen molar-refractivity contribution in [2.24, 2.45) is 0 Å². The minimum absolute atomic E-state index is 0.0355. The van der Waals surface area contributed by atoms with Gasteiger partial charge >= 0.3 is 6.18 Å². The highest BCUT2D eigenvalue weighted by Crippen LogP contribution is 2.37. The second kappa shape index (κ2) is 6.69. The highest BCUT2D eigenvalue weighted by molar-refractivity contribution is 5.88. The summed E-state index contributed by atoms with van der Waals surface area (Å²) in [7, 11) is 0. The number of benzene rings is 1. The molecule has 1 aromatic rings. The molecule has 0 radical (unpaired) electrons. The summed E-state index contributed by atoms with van der Waals surface area (Å²) < 4.78 is 43.5. The normalized spacial score (nSPS) is 18.0. The number of carbonyl (C=O) groups excluding carboxylic acids is 1. The molecule has 6 heteroatoms. The highest BCUT2D eigenvalue weighted by Gasteiger charge is 2.45. The lowest BCUT2D eigenvalue weighted by Gasteiger charge is -2.40. The molecule has 0 atom stereocenters. The van der Waals surface area contributed by atoms with Crippen molar-refractivity contribution < 1.29 is 22.7 Å². The molecule has 0 N–H and O–H groups in total. The molecule has 3 nitrogen and oxygen atoms in total. The van der Waals surface area contributed by atoms with Gasteiger partial charge in [0.05, 0.1) is 5.41 Å². The minimum atomic E-state index is -4.39. The first-order chi connectivity index (χ1) is 10.4. The van der Waals surface area contributed by atoms with Crippen LogP contribution in [0.25, 0.3) is 0 Å². The van der Waals surface area contributed by atoms with Crippen LogP contribution in [0.3, 0.4) is 0 Å². The molecule has 0 unspecified atom stereocenters. The number of likely N-dealkylation sites (N-methyl/N-ethyl adjacent to an activating group) is 1. The second-order valence-corrected chi connectivity index (χ2v) is 5.50. The molecule has 0 aliphatic carbocycles. The first kappa shape index (κ1) is 16.8. The Morgan fingerprint density at radius 2 is 1.82 bits per heavy atom. The van der Waals surface area contributed by atoms with Crippen LogP contribution in [0, 0.1) is 0 Å². The van der Waals surface area contributed by atoms with Crippen molar-refractivity contribution in [2.45, 2.75) is 31.4 Å². The summed E-state index contributed by atoms with van der Waals surface area (Å²) in [6, 6.07) is 9.06. The van der Waals surface area contributed by atoms with E-state index in [2.05, 4.69) is 0 Å². The van der Waals surface area contributed by atoms with E-state index in [0.29, 0.717) is 26.1 Å². The van der Waals surface area contributed by atoms with Gasteiger partial charge in [0, 0.05) is 19.8 Å². The largest absolute Gasteiger partial charge is 0.406 e. The predicted molar refractivity (Wildman–Crippen MR) is 76.5 cm³/mol. The molecule has 1 amide bonds. The fraction of sp³-hybridized carbons (Fsp3) is 0.562. The van der Waals surface area contributed by atoms with E-state index in [9.17, 15) is 18.0 Å². The summed E-state index contributed by atoms with van der Waals surface area (Å²) in [4.78, 5) is 13.8. The highest BCUT2D eigenvalue weighted by atomic mass is 19.4. The smallest absolute Gasteiger partial charge is 0.381 e. The van der Waals surface area contributed by atoms with Crippen LogP contribution in [0.1, 0.15) is 25.3 Å².